The van der Waals surface area contributed by atoms with Crippen molar-refractivity contribution in [3.8, 4) is 34.6 Å². The molecule has 3 aromatic rings. The van der Waals surface area contributed by atoms with Gasteiger partial charge in [0.2, 0.25) is 0 Å². The van der Waals surface area contributed by atoms with E-state index in [4.69, 9.17) is 20.3 Å². The van der Waals surface area contributed by atoms with Crippen LogP contribution in [0, 0.1) is 11.3 Å². The van der Waals surface area contributed by atoms with Gasteiger partial charge >= 0.3 is 0 Å². The molecule has 0 bridgehead atoms. The average molecular weight is 523 g/mol. The largest absolute Gasteiger partial charge is 0.489 e. The highest BCUT2D eigenvalue weighted by Crippen LogP contribution is 2.37. The van der Waals surface area contributed by atoms with Crippen LogP contribution >= 0.6 is 0 Å². The Kier molecular flexibility index (Phi) is 8.39. The first kappa shape index (κ1) is 26.3. The molecule has 0 saturated heterocycles. The predicted octanol–water partition coefficient (Wildman–Crippen LogP) is 6.54. The number of nitrogens with zero attached hydrogens (tertiary/aromatic N) is 4. The molecule has 1 heterocycles. The highest BCUT2D eigenvalue weighted by atomic mass is 16.5. The Balaban J connectivity index is 1.31. The SMILES string of the molecule is CN=CNc1c(CN)c(-c2ccc(Oc3cccc(OCC4=CCCC=C4C#N)c3)cc2)nn1C1CCCC1. The van der Waals surface area contributed by atoms with Gasteiger partial charge in [-0.25, -0.2) is 4.68 Å². The fourth-order valence-electron chi connectivity index (χ4n) is 5.17. The molecule has 3 N–H and O–H groups in total. The van der Waals surface area contributed by atoms with E-state index in [0.717, 1.165) is 53.9 Å². The number of hydrogen-bond donors (Lipinski definition) is 2. The molecule has 0 amide bonds. The molecule has 2 aromatic carbocycles. The Morgan fingerprint density at radius 2 is 1.87 bits per heavy atom. The van der Waals surface area contributed by atoms with Gasteiger partial charge < -0.3 is 20.5 Å². The number of allylic oxidation sites excluding steroid dienone is 2. The molecule has 2 aliphatic rings. The number of hydrogen-bond acceptors (Lipinski definition) is 6. The molecule has 0 radical (unpaired) electrons. The summed E-state index contributed by atoms with van der Waals surface area (Å²) in [4.78, 5) is 4.09. The number of benzene rings is 2. The Hall–Kier alpha value is -4.35. The van der Waals surface area contributed by atoms with Gasteiger partial charge in [0.15, 0.2) is 0 Å². The number of nitriles is 1. The lowest BCUT2D eigenvalue weighted by Crippen LogP contribution is -2.12. The van der Waals surface area contributed by atoms with E-state index in [1.54, 1.807) is 13.4 Å². The number of nitrogens with one attached hydrogen (secondary N) is 1. The third kappa shape index (κ3) is 6.05. The Morgan fingerprint density at radius 1 is 1.10 bits per heavy atom. The van der Waals surface area contributed by atoms with E-state index in [0.29, 0.717) is 42.0 Å². The lowest BCUT2D eigenvalue weighted by molar-refractivity contribution is 0.351. The Morgan fingerprint density at radius 3 is 2.62 bits per heavy atom. The van der Waals surface area contributed by atoms with Crippen molar-refractivity contribution in [2.75, 3.05) is 19.0 Å². The fourth-order valence-corrected chi connectivity index (χ4v) is 5.17. The van der Waals surface area contributed by atoms with E-state index in [1.807, 2.05) is 54.6 Å². The third-order valence-electron chi connectivity index (χ3n) is 7.15. The number of aromatic nitrogens is 2. The van der Waals surface area contributed by atoms with Crippen LogP contribution in [-0.2, 0) is 6.54 Å². The van der Waals surface area contributed by atoms with Crippen molar-refractivity contribution in [3.63, 3.8) is 0 Å². The number of ether oxygens (including phenoxy) is 2. The first-order valence-corrected chi connectivity index (χ1v) is 13.5. The molecule has 2 aliphatic carbocycles. The van der Waals surface area contributed by atoms with E-state index >= 15 is 0 Å². The quantitative estimate of drug-likeness (QED) is 0.231. The van der Waals surface area contributed by atoms with Crippen LogP contribution in [0.1, 0.15) is 50.1 Å². The van der Waals surface area contributed by atoms with Gasteiger partial charge in [-0.2, -0.15) is 10.4 Å². The molecular weight excluding hydrogens is 488 g/mol. The van der Waals surface area contributed by atoms with Crippen LogP contribution in [0.25, 0.3) is 11.3 Å². The number of rotatable bonds is 10. The average Bonchev–Trinajstić information content (AvgIpc) is 3.64. The van der Waals surface area contributed by atoms with Crippen molar-refractivity contribution in [2.24, 2.45) is 10.7 Å². The van der Waals surface area contributed by atoms with E-state index in [9.17, 15) is 5.26 Å². The third-order valence-corrected chi connectivity index (χ3v) is 7.15. The zero-order valence-corrected chi connectivity index (χ0v) is 22.3. The molecule has 1 fully saturated rings. The molecule has 8 heteroatoms. The predicted molar refractivity (Wildman–Crippen MR) is 154 cm³/mol. The second-order valence-electron chi connectivity index (χ2n) is 9.72. The summed E-state index contributed by atoms with van der Waals surface area (Å²) >= 11 is 0. The van der Waals surface area contributed by atoms with Crippen molar-refractivity contribution in [1.82, 2.24) is 9.78 Å². The van der Waals surface area contributed by atoms with E-state index < -0.39 is 0 Å². The maximum Gasteiger partial charge on any atom is 0.134 e. The molecule has 200 valence electrons. The van der Waals surface area contributed by atoms with Crippen LogP contribution < -0.4 is 20.5 Å². The van der Waals surface area contributed by atoms with Crippen LogP contribution in [-0.4, -0.2) is 29.8 Å². The van der Waals surface area contributed by atoms with Gasteiger partial charge in [-0.15, -0.1) is 0 Å². The van der Waals surface area contributed by atoms with Gasteiger partial charge in [-0.3, -0.25) is 4.99 Å². The summed E-state index contributed by atoms with van der Waals surface area (Å²) < 4.78 is 14.2. The summed E-state index contributed by atoms with van der Waals surface area (Å²) in [5.41, 5.74) is 10.7. The minimum absolute atomic E-state index is 0.357. The lowest BCUT2D eigenvalue weighted by Gasteiger charge is -2.14. The van der Waals surface area contributed by atoms with Crippen molar-refractivity contribution in [3.05, 3.63) is 77.4 Å². The Bertz CT molecular complexity index is 1420. The zero-order chi connectivity index (χ0) is 27.0. The summed E-state index contributed by atoms with van der Waals surface area (Å²) in [6.07, 6.45) is 12.2. The standard InChI is InChI=1S/C31H34N6O2/c1-34-21-35-31-29(19-33)30(36-37(31)25-9-4-5-10-25)22-13-15-26(16-14-22)39-28-12-6-11-27(17-28)38-20-24-8-3-2-7-23(24)18-32/h6-8,11-17,21,25H,2-5,9-10,19-20,33H2,1H3,(H,34,35). The van der Waals surface area contributed by atoms with Crippen molar-refractivity contribution in [1.29, 1.82) is 5.26 Å². The van der Waals surface area contributed by atoms with Crippen LogP contribution in [0.4, 0.5) is 5.82 Å². The molecule has 1 saturated carbocycles. The van der Waals surface area contributed by atoms with Crippen LogP contribution in [0.5, 0.6) is 17.2 Å². The number of nitrogens with two attached hydrogens (primary N) is 1. The summed E-state index contributed by atoms with van der Waals surface area (Å²) in [6, 6.07) is 18.1. The van der Waals surface area contributed by atoms with Gasteiger partial charge in [0.05, 0.1) is 29.7 Å². The van der Waals surface area contributed by atoms with Gasteiger partial charge in [0.25, 0.3) is 0 Å². The van der Waals surface area contributed by atoms with Crippen LogP contribution in [0.2, 0.25) is 0 Å². The fraction of sp³-hybridized carbons (Fsp3) is 0.323. The molecule has 0 spiro atoms. The van der Waals surface area contributed by atoms with Crippen molar-refractivity contribution < 1.29 is 9.47 Å². The van der Waals surface area contributed by atoms with Crippen LogP contribution in [0.3, 0.4) is 0 Å². The second kappa shape index (κ2) is 12.5. The van der Waals surface area contributed by atoms with Gasteiger partial charge in [0, 0.05) is 36.4 Å². The van der Waals surface area contributed by atoms with Gasteiger partial charge in [0.1, 0.15) is 29.7 Å². The maximum absolute atomic E-state index is 9.33. The minimum Gasteiger partial charge on any atom is -0.489 e. The first-order chi connectivity index (χ1) is 19.2. The molecule has 1 aromatic heterocycles. The number of anilines is 1. The van der Waals surface area contributed by atoms with Gasteiger partial charge in [-0.05, 0) is 62.1 Å². The lowest BCUT2D eigenvalue weighted by atomic mass is 10.00. The van der Waals surface area contributed by atoms with E-state index in [-0.39, 0.29) is 0 Å². The van der Waals surface area contributed by atoms with Crippen molar-refractivity contribution in [2.45, 2.75) is 51.1 Å². The topological polar surface area (TPSA) is 110 Å². The summed E-state index contributed by atoms with van der Waals surface area (Å²) in [5.74, 6) is 2.99. The van der Waals surface area contributed by atoms with Crippen LogP contribution in [0.15, 0.2) is 76.8 Å². The zero-order valence-electron chi connectivity index (χ0n) is 22.3. The highest BCUT2D eigenvalue weighted by Gasteiger charge is 2.25. The molecule has 8 nitrogen and oxygen atoms in total. The summed E-state index contributed by atoms with van der Waals surface area (Å²) in [5, 5.41) is 17.6. The van der Waals surface area contributed by atoms with Crippen molar-refractivity contribution >= 4 is 12.2 Å². The molecule has 0 aliphatic heterocycles. The molecular formula is C31H34N6O2. The van der Waals surface area contributed by atoms with E-state index in [1.165, 1.54) is 12.8 Å². The summed E-state index contributed by atoms with van der Waals surface area (Å²) in [6.45, 7) is 0.727. The normalized spacial score (nSPS) is 15.6. The highest BCUT2D eigenvalue weighted by molar-refractivity contribution is 5.80. The minimum atomic E-state index is 0.357. The van der Waals surface area contributed by atoms with Gasteiger partial charge in [-0.1, -0.05) is 31.1 Å². The molecule has 39 heavy (non-hydrogen) atoms. The summed E-state index contributed by atoms with van der Waals surface area (Å²) in [7, 11) is 1.74. The second-order valence-corrected chi connectivity index (χ2v) is 9.72. The van der Waals surface area contributed by atoms with E-state index in [2.05, 4.69) is 27.1 Å². The number of aliphatic imine (C=N–C) groups is 1. The maximum atomic E-state index is 9.33. The Labute approximate surface area is 229 Å². The first-order valence-electron chi connectivity index (χ1n) is 13.5. The molecule has 5 rings (SSSR count). The monoisotopic (exact) mass is 522 g/mol. The molecule has 0 unspecified atom stereocenters. The molecule has 0 atom stereocenters. The smallest absolute Gasteiger partial charge is 0.134 e.